The van der Waals surface area contributed by atoms with E-state index in [2.05, 4.69) is 10.2 Å². The molecular weight excluding hydrogens is 480 g/mol. The third-order valence-electron chi connectivity index (χ3n) is 5.13. The third-order valence-corrected chi connectivity index (χ3v) is 5.92. The number of para-hydroxylation sites is 1. The maximum absolute atomic E-state index is 13.2. The Morgan fingerprint density at radius 3 is 2.66 bits per heavy atom. The molecular formula is C23H29F2N5O4S. The largest absolute Gasteiger partial charge is 0.491 e. The number of benzene rings is 1. The van der Waals surface area contributed by atoms with Crippen LogP contribution in [-0.4, -0.2) is 66.2 Å². The van der Waals surface area contributed by atoms with Gasteiger partial charge in [0, 0.05) is 42.0 Å². The molecule has 12 heteroatoms. The van der Waals surface area contributed by atoms with Crippen molar-refractivity contribution >= 4 is 17.9 Å². The number of fused-ring (bicyclic) bond motifs is 1. The highest BCUT2D eigenvalue weighted by molar-refractivity contribution is 7.97. The van der Waals surface area contributed by atoms with Crippen molar-refractivity contribution in [2.24, 2.45) is 0 Å². The summed E-state index contributed by atoms with van der Waals surface area (Å²) in [6, 6.07) is 6.95. The molecule has 1 aromatic carbocycles. The normalized spacial score (nSPS) is 13.4. The van der Waals surface area contributed by atoms with Gasteiger partial charge in [0.15, 0.2) is 0 Å². The van der Waals surface area contributed by atoms with Gasteiger partial charge in [0.2, 0.25) is 5.91 Å². The zero-order chi connectivity index (χ0) is 25.4. The molecule has 0 bridgehead atoms. The van der Waals surface area contributed by atoms with Crippen LogP contribution in [0.1, 0.15) is 36.6 Å². The van der Waals surface area contributed by atoms with E-state index >= 15 is 0 Å². The lowest BCUT2D eigenvalue weighted by atomic mass is 9.97. The molecule has 0 fully saturated rings. The van der Waals surface area contributed by atoms with Crippen LogP contribution < -0.4 is 4.74 Å². The average molecular weight is 510 g/mol. The molecule has 0 aliphatic carbocycles. The molecule has 2 aromatic heterocycles. The summed E-state index contributed by atoms with van der Waals surface area (Å²) in [6.45, 7) is 3.72. The van der Waals surface area contributed by atoms with Crippen molar-refractivity contribution in [2.75, 3.05) is 19.8 Å². The summed E-state index contributed by atoms with van der Waals surface area (Å²) in [7, 11) is 0. The summed E-state index contributed by atoms with van der Waals surface area (Å²) in [5, 5.41) is 27.4. The maximum Gasteiger partial charge on any atom is 0.257 e. The molecule has 9 nitrogen and oxygen atoms in total. The first kappa shape index (κ1) is 26.6. The van der Waals surface area contributed by atoms with Crippen LogP contribution in [0.3, 0.4) is 0 Å². The lowest BCUT2D eigenvalue weighted by Crippen LogP contribution is -2.33. The molecule has 0 radical (unpaired) electrons. The maximum atomic E-state index is 13.2. The van der Waals surface area contributed by atoms with Crippen LogP contribution in [0.2, 0.25) is 0 Å². The number of aliphatic hydroxyl groups is 2. The van der Waals surface area contributed by atoms with E-state index in [1.54, 1.807) is 39.4 Å². The summed E-state index contributed by atoms with van der Waals surface area (Å²) < 4.78 is 33.3. The van der Waals surface area contributed by atoms with Gasteiger partial charge >= 0.3 is 0 Å². The van der Waals surface area contributed by atoms with E-state index in [0.717, 1.165) is 11.3 Å². The molecule has 190 valence electrons. The van der Waals surface area contributed by atoms with Crippen LogP contribution in [0.15, 0.2) is 47.8 Å². The Balaban J connectivity index is 0.00000167. The number of aliphatic hydroxyl groups excluding tert-OH is 2. The first-order valence-electron chi connectivity index (χ1n) is 11.3. The lowest BCUT2D eigenvalue weighted by Gasteiger charge is -2.23. The first-order chi connectivity index (χ1) is 17.0. The van der Waals surface area contributed by atoms with Gasteiger partial charge in [-0.25, -0.2) is 12.9 Å². The lowest BCUT2D eigenvalue weighted by molar-refractivity contribution is -0.134. The van der Waals surface area contributed by atoms with Crippen LogP contribution in [0.4, 0.5) is 8.78 Å². The van der Waals surface area contributed by atoms with E-state index in [-0.39, 0.29) is 25.7 Å². The highest BCUT2D eigenvalue weighted by Gasteiger charge is 2.33. The van der Waals surface area contributed by atoms with Gasteiger partial charge in [-0.3, -0.25) is 9.48 Å². The number of hydrogen-bond donors (Lipinski definition) is 2. The van der Waals surface area contributed by atoms with Gasteiger partial charge in [0.05, 0.1) is 42.5 Å². The summed E-state index contributed by atoms with van der Waals surface area (Å²) in [5.41, 5.74) is 2.17. The van der Waals surface area contributed by atoms with E-state index < -0.39 is 18.9 Å². The number of rotatable bonds is 10. The fraction of sp³-hybridized carbons (Fsp3) is 0.435. The van der Waals surface area contributed by atoms with Crippen molar-refractivity contribution in [1.82, 2.24) is 23.9 Å². The van der Waals surface area contributed by atoms with Crippen LogP contribution in [-0.2, 0) is 24.4 Å². The zero-order valence-corrected chi connectivity index (χ0v) is 20.4. The predicted octanol–water partition coefficient (Wildman–Crippen LogP) is 2.92. The van der Waals surface area contributed by atoms with Crippen molar-refractivity contribution in [3.05, 3.63) is 59.7 Å². The number of alkyl halides is 2. The standard InChI is InChI=1S/C21H23F2N5O4S.C2H6/c22-20(23)12-27-10-15(7-24-27)33-28-9-14-8-26(11-18(14)25-28)21(31)17(13-30)16-3-1-2-4-19(16)32-6-5-29;1-2/h1-4,7,9-10,17,20,29-30H,5-6,8,11-13H2;1-2H3. The SMILES string of the molecule is CC.O=C(C(CO)c1ccccc1OCCO)N1Cc2cn(Sc3cnn(CC(F)F)c3)nc2C1. The number of halogens is 2. The van der Waals surface area contributed by atoms with Gasteiger partial charge in [0.1, 0.15) is 18.9 Å². The summed E-state index contributed by atoms with van der Waals surface area (Å²) in [4.78, 5) is 15.5. The number of amides is 1. The molecule has 3 aromatic rings. The smallest absolute Gasteiger partial charge is 0.257 e. The molecule has 1 aliphatic rings. The van der Waals surface area contributed by atoms with E-state index in [4.69, 9.17) is 9.84 Å². The number of ether oxygens (including phenoxy) is 1. The fourth-order valence-electron chi connectivity index (χ4n) is 3.66. The van der Waals surface area contributed by atoms with E-state index in [1.165, 1.54) is 29.0 Å². The molecule has 0 spiro atoms. The van der Waals surface area contributed by atoms with E-state index in [9.17, 15) is 18.7 Å². The Kier molecular flexibility index (Phi) is 9.64. The van der Waals surface area contributed by atoms with Crippen molar-refractivity contribution in [1.29, 1.82) is 0 Å². The first-order valence-corrected chi connectivity index (χ1v) is 12.0. The molecule has 4 rings (SSSR count). The second kappa shape index (κ2) is 12.7. The second-order valence-corrected chi connectivity index (χ2v) is 8.45. The molecule has 1 atom stereocenters. The second-order valence-electron chi connectivity index (χ2n) is 7.42. The summed E-state index contributed by atoms with van der Waals surface area (Å²) in [6.07, 6.45) is 2.35. The molecule has 0 saturated heterocycles. The number of nitrogens with zero attached hydrogens (tertiary/aromatic N) is 5. The minimum absolute atomic E-state index is 0.0886. The zero-order valence-electron chi connectivity index (χ0n) is 19.5. The van der Waals surface area contributed by atoms with Crippen molar-refractivity contribution < 1.29 is 28.5 Å². The topological polar surface area (TPSA) is 106 Å². The van der Waals surface area contributed by atoms with Gasteiger partial charge in [-0.2, -0.15) is 10.2 Å². The third kappa shape index (κ3) is 6.59. The number of hydrogen-bond acceptors (Lipinski definition) is 7. The predicted molar refractivity (Wildman–Crippen MR) is 126 cm³/mol. The molecule has 0 saturated carbocycles. The monoisotopic (exact) mass is 509 g/mol. The van der Waals surface area contributed by atoms with Gasteiger partial charge in [0.25, 0.3) is 6.43 Å². The fourth-order valence-corrected chi connectivity index (χ4v) is 4.45. The van der Waals surface area contributed by atoms with Crippen LogP contribution in [0, 0.1) is 0 Å². The Hall–Kier alpha value is -2.96. The van der Waals surface area contributed by atoms with Gasteiger partial charge < -0.3 is 19.8 Å². The van der Waals surface area contributed by atoms with Crippen molar-refractivity contribution in [3.63, 3.8) is 0 Å². The average Bonchev–Trinajstić information content (AvgIpc) is 3.55. The Morgan fingerprint density at radius 2 is 1.97 bits per heavy atom. The molecule has 35 heavy (non-hydrogen) atoms. The van der Waals surface area contributed by atoms with E-state index in [0.29, 0.717) is 29.3 Å². The molecule has 3 heterocycles. The summed E-state index contributed by atoms with van der Waals surface area (Å²) >= 11 is 1.24. The van der Waals surface area contributed by atoms with Crippen molar-refractivity contribution in [3.8, 4) is 5.75 Å². The van der Waals surface area contributed by atoms with Gasteiger partial charge in [-0.15, -0.1) is 0 Å². The van der Waals surface area contributed by atoms with Crippen molar-refractivity contribution in [2.45, 2.75) is 50.7 Å². The molecule has 1 unspecified atom stereocenters. The number of aromatic nitrogens is 4. The van der Waals surface area contributed by atoms with Gasteiger partial charge in [-0.05, 0) is 6.07 Å². The Morgan fingerprint density at radius 1 is 1.20 bits per heavy atom. The number of carbonyl (C=O) groups is 1. The molecule has 1 aliphatic heterocycles. The highest BCUT2D eigenvalue weighted by Crippen LogP contribution is 2.32. The Labute approximate surface area is 206 Å². The van der Waals surface area contributed by atoms with E-state index in [1.807, 2.05) is 13.8 Å². The van der Waals surface area contributed by atoms with Crippen LogP contribution in [0.5, 0.6) is 5.75 Å². The molecule has 2 N–H and O–H groups in total. The minimum Gasteiger partial charge on any atom is -0.491 e. The van der Waals surface area contributed by atoms with Crippen LogP contribution >= 0.6 is 11.9 Å². The quantitative estimate of drug-likeness (QED) is 0.433. The van der Waals surface area contributed by atoms with Gasteiger partial charge in [-0.1, -0.05) is 32.0 Å². The van der Waals surface area contributed by atoms with Crippen LogP contribution in [0.25, 0.3) is 0 Å². The number of carbonyl (C=O) groups excluding carboxylic acids is 1. The summed E-state index contributed by atoms with van der Waals surface area (Å²) in [5.74, 6) is -0.598. The minimum atomic E-state index is -2.48. The molecule has 1 amide bonds. The Bertz CT molecular complexity index is 1080. The highest BCUT2D eigenvalue weighted by atomic mass is 32.2.